The van der Waals surface area contributed by atoms with Gasteiger partial charge in [0.25, 0.3) is 0 Å². The van der Waals surface area contributed by atoms with Crippen LogP contribution in [0.1, 0.15) is 30.9 Å². The van der Waals surface area contributed by atoms with Gasteiger partial charge in [0.15, 0.2) is 0 Å². The molecular weight excluding hydrogens is 415 g/mol. The Labute approximate surface area is 175 Å². The molecule has 0 aromatic heterocycles. The summed E-state index contributed by atoms with van der Waals surface area (Å²) in [4.78, 5) is 12.7. The highest BCUT2D eigenvalue weighted by Crippen LogP contribution is 2.34. The van der Waals surface area contributed by atoms with Gasteiger partial charge in [0.05, 0.1) is 9.92 Å². The Kier molecular flexibility index (Phi) is 6.31. The molecule has 1 heterocycles. The Morgan fingerprint density at radius 1 is 1.17 bits per heavy atom. The van der Waals surface area contributed by atoms with E-state index in [2.05, 4.69) is 5.32 Å². The molecule has 0 saturated carbocycles. The number of nitrogens with zero attached hydrogens (tertiary/aromatic N) is 1. The molecule has 0 spiro atoms. The van der Waals surface area contributed by atoms with Gasteiger partial charge in [-0.2, -0.15) is 4.31 Å². The van der Waals surface area contributed by atoms with Crippen molar-refractivity contribution in [1.29, 1.82) is 0 Å². The Balaban J connectivity index is 1.62. The summed E-state index contributed by atoms with van der Waals surface area (Å²) in [6.07, 6.45) is 0.807. The fraction of sp³-hybridized carbons (Fsp3) is 0.381. The number of nitrogens with one attached hydrogen (secondary N) is 1. The first-order chi connectivity index (χ1) is 13.6. The van der Waals surface area contributed by atoms with Crippen molar-refractivity contribution in [2.24, 2.45) is 5.41 Å². The van der Waals surface area contributed by atoms with Gasteiger partial charge in [0, 0.05) is 25.0 Å². The average molecular weight is 439 g/mol. The predicted molar refractivity (Wildman–Crippen MR) is 111 cm³/mol. The highest BCUT2D eigenvalue weighted by molar-refractivity contribution is 7.89. The van der Waals surface area contributed by atoms with Gasteiger partial charge in [0.1, 0.15) is 5.82 Å². The maximum absolute atomic E-state index is 13.3. The van der Waals surface area contributed by atoms with E-state index in [-0.39, 0.29) is 28.9 Å². The number of carbonyl (C=O) groups excluding carboxylic acids is 1. The Morgan fingerprint density at radius 3 is 2.38 bits per heavy atom. The van der Waals surface area contributed by atoms with Crippen LogP contribution in [0.5, 0.6) is 0 Å². The van der Waals surface area contributed by atoms with E-state index >= 15 is 0 Å². The zero-order valence-electron chi connectivity index (χ0n) is 16.4. The van der Waals surface area contributed by atoms with Gasteiger partial charge in [-0.05, 0) is 43.5 Å². The van der Waals surface area contributed by atoms with Crippen molar-refractivity contribution < 1.29 is 17.6 Å². The van der Waals surface area contributed by atoms with Crippen molar-refractivity contribution in [2.75, 3.05) is 13.1 Å². The van der Waals surface area contributed by atoms with Gasteiger partial charge in [-0.1, -0.05) is 48.4 Å². The van der Waals surface area contributed by atoms with Crippen LogP contribution in [0.4, 0.5) is 4.39 Å². The van der Waals surface area contributed by atoms with Crippen LogP contribution < -0.4 is 5.32 Å². The summed E-state index contributed by atoms with van der Waals surface area (Å²) in [5.74, 6) is -0.748. The van der Waals surface area contributed by atoms with E-state index in [1.807, 2.05) is 38.1 Å². The maximum atomic E-state index is 13.3. The lowest BCUT2D eigenvalue weighted by atomic mass is 9.80. The summed E-state index contributed by atoms with van der Waals surface area (Å²) >= 11 is 5.73. The number of piperidine rings is 1. The molecule has 29 heavy (non-hydrogen) atoms. The molecule has 3 rings (SSSR count). The van der Waals surface area contributed by atoms with Crippen LogP contribution >= 0.6 is 11.6 Å². The topological polar surface area (TPSA) is 66.5 Å². The summed E-state index contributed by atoms with van der Waals surface area (Å²) in [5.41, 5.74) is 1.53. The van der Waals surface area contributed by atoms with E-state index in [1.54, 1.807) is 0 Å². The quantitative estimate of drug-likeness (QED) is 0.770. The first-order valence-corrected chi connectivity index (χ1v) is 11.2. The van der Waals surface area contributed by atoms with Gasteiger partial charge < -0.3 is 5.32 Å². The zero-order chi connectivity index (χ0) is 21.2. The minimum absolute atomic E-state index is 0.0451. The predicted octanol–water partition coefficient (Wildman–Crippen LogP) is 3.89. The van der Waals surface area contributed by atoms with E-state index in [9.17, 15) is 17.6 Å². The number of rotatable bonds is 5. The summed E-state index contributed by atoms with van der Waals surface area (Å²) in [7, 11) is -3.79. The summed E-state index contributed by atoms with van der Waals surface area (Å²) in [5, 5.41) is 2.73. The minimum atomic E-state index is -3.79. The molecule has 0 atom stereocenters. The van der Waals surface area contributed by atoms with E-state index in [0.29, 0.717) is 19.4 Å². The second kappa shape index (κ2) is 8.42. The Morgan fingerprint density at radius 2 is 1.79 bits per heavy atom. The number of aryl methyl sites for hydroxylation is 1. The molecule has 8 heteroatoms. The van der Waals surface area contributed by atoms with E-state index < -0.39 is 21.3 Å². The smallest absolute Gasteiger partial charge is 0.243 e. The maximum Gasteiger partial charge on any atom is 0.243 e. The molecule has 1 aliphatic heterocycles. The number of amides is 1. The molecule has 1 fully saturated rings. The number of hydrogen-bond acceptors (Lipinski definition) is 3. The molecule has 156 valence electrons. The van der Waals surface area contributed by atoms with Crippen molar-refractivity contribution in [3.63, 3.8) is 0 Å². The van der Waals surface area contributed by atoms with Crippen LogP contribution in [0.2, 0.25) is 5.02 Å². The fourth-order valence-electron chi connectivity index (χ4n) is 3.34. The van der Waals surface area contributed by atoms with Crippen molar-refractivity contribution in [2.45, 2.75) is 38.1 Å². The molecule has 1 N–H and O–H groups in total. The van der Waals surface area contributed by atoms with E-state index in [4.69, 9.17) is 11.6 Å². The van der Waals surface area contributed by atoms with Crippen LogP contribution in [-0.2, 0) is 21.4 Å². The summed E-state index contributed by atoms with van der Waals surface area (Å²) in [6, 6.07) is 11.3. The van der Waals surface area contributed by atoms with Crippen molar-refractivity contribution >= 4 is 27.5 Å². The molecule has 2 aromatic rings. The molecule has 2 aromatic carbocycles. The summed E-state index contributed by atoms with van der Waals surface area (Å²) < 4.78 is 40.3. The van der Waals surface area contributed by atoms with Crippen LogP contribution in [0, 0.1) is 18.2 Å². The highest BCUT2D eigenvalue weighted by atomic mass is 35.5. The van der Waals surface area contributed by atoms with E-state index in [1.165, 1.54) is 10.4 Å². The zero-order valence-corrected chi connectivity index (χ0v) is 18.0. The molecule has 0 unspecified atom stereocenters. The van der Waals surface area contributed by atoms with Crippen molar-refractivity contribution in [1.82, 2.24) is 9.62 Å². The third-order valence-electron chi connectivity index (χ3n) is 5.48. The lowest BCUT2D eigenvalue weighted by Crippen LogP contribution is -2.48. The normalized spacial score (nSPS) is 17.1. The minimum Gasteiger partial charge on any atom is -0.352 e. The van der Waals surface area contributed by atoms with E-state index in [0.717, 1.165) is 23.3 Å². The Bertz CT molecular complexity index is 1000. The third-order valence-corrected chi connectivity index (χ3v) is 7.66. The molecule has 0 bridgehead atoms. The molecule has 1 saturated heterocycles. The molecular formula is C21H24ClFN2O3S. The Hall–Kier alpha value is -1.96. The second-order valence-corrected chi connectivity index (χ2v) is 10.1. The van der Waals surface area contributed by atoms with Gasteiger partial charge >= 0.3 is 0 Å². The molecule has 1 amide bonds. The van der Waals surface area contributed by atoms with Gasteiger partial charge in [-0.3, -0.25) is 4.79 Å². The number of benzene rings is 2. The van der Waals surface area contributed by atoms with Gasteiger partial charge in [-0.15, -0.1) is 0 Å². The number of carbonyl (C=O) groups is 1. The van der Waals surface area contributed by atoms with Crippen LogP contribution in [-0.4, -0.2) is 31.7 Å². The standard InChI is InChI=1S/C21H24ClFN2O3S/c1-15-3-5-16(6-4-15)14-24-20(26)21(2)9-11-25(12-10-21)29(27,28)17-7-8-19(23)18(22)13-17/h3-8,13H,9-12,14H2,1-2H3,(H,24,26). The number of hydrogen-bond donors (Lipinski definition) is 1. The number of sulfonamides is 1. The number of halogens is 2. The van der Waals surface area contributed by atoms with Gasteiger partial charge in [-0.25, -0.2) is 12.8 Å². The lowest BCUT2D eigenvalue weighted by molar-refractivity contribution is -0.132. The highest BCUT2D eigenvalue weighted by Gasteiger charge is 2.40. The van der Waals surface area contributed by atoms with Crippen molar-refractivity contribution in [3.8, 4) is 0 Å². The molecule has 1 aliphatic rings. The molecule has 5 nitrogen and oxygen atoms in total. The monoisotopic (exact) mass is 438 g/mol. The molecule has 0 aliphatic carbocycles. The lowest BCUT2D eigenvalue weighted by Gasteiger charge is -2.37. The fourth-order valence-corrected chi connectivity index (χ4v) is 5.05. The third kappa shape index (κ3) is 4.79. The first kappa shape index (κ1) is 21.7. The average Bonchev–Trinajstić information content (AvgIpc) is 2.69. The van der Waals surface area contributed by atoms with Crippen LogP contribution in [0.25, 0.3) is 0 Å². The first-order valence-electron chi connectivity index (χ1n) is 9.41. The second-order valence-electron chi connectivity index (χ2n) is 7.71. The largest absolute Gasteiger partial charge is 0.352 e. The summed E-state index contributed by atoms with van der Waals surface area (Å²) in [6.45, 7) is 4.73. The van der Waals surface area contributed by atoms with Crippen LogP contribution in [0.3, 0.4) is 0 Å². The van der Waals surface area contributed by atoms with Crippen LogP contribution in [0.15, 0.2) is 47.4 Å². The SMILES string of the molecule is Cc1ccc(CNC(=O)C2(C)CCN(S(=O)(=O)c3ccc(F)c(Cl)c3)CC2)cc1. The van der Waals surface area contributed by atoms with Gasteiger partial charge in [0.2, 0.25) is 15.9 Å². The van der Waals surface area contributed by atoms with Crippen molar-refractivity contribution in [3.05, 3.63) is 64.4 Å². The molecule has 0 radical (unpaired) electrons.